The summed E-state index contributed by atoms with van der Waals surface area (Å²) in [7, 11) is -1.97. The highest BCUT2D eigenvalue weighted by atomic mass is 79.9. The highest BCUT2D eigenvalue weighted by Crippen LogP contribution is 2.19. The SMILES string of the molecule is CNS(=O)(=O)Cc1ccc(F)cc1Br. The molecule has 0 heterocycles. The average molecular weight is 282 g/mol. The van der Waals surface area contributed by atoms with Gasteiger partial charge in [-0.25, -0.2) is 17.5 Å². The Bertz CT molecular complexity index is 433. The molecule has 0 aliphatic heterocycles. The van der Waals surface area contributed by atoms with Crippen LogP contribution in [0.15, 0.2) is 22.7 Å². The first kappa shape index (κ1) is 11.6. The van der Waals surface area contributed by atoms with Crippen LogP contribution in [0, 0.1) is 5.82 Å². The van der Waals surface area contributed by atoms with Crippen molar-refractivity contribution in [3.05, 3.63) is 34.1 Å². The van der Waals surface area contributed by atoms with Gasteiger partial charge in [-0.3, -0.25) is 0 Å². The van der Waals surface area contributed by atoms with Crippen LogP contribution in [-0.2, 0) is 15.8 Å². The summed E-state index contributed by atoms with van der Waals surface area (Å²) in [4.78, 5) is 0. The molecule has 0 unspecified atom stereocenters. The Morgan fingerprint density at radius 2 is 2.14 bits per heavy atom. The van der Waals surface area contributed by atoms with E-state index in [4.69, 9.17) is 0 Å². The lowest BCUT2D eigenvalue weighted by Crippen LogP contribution is -2.20. The van der Waals surface area contributed by atoms with Gasteiger partial charge >= 0.3 is 0 Å². The number of rotatable bonds is 3. The number of hydrogen-bond acceptors (Lipinski definition) is 2. The second-order valence-corrected chi connectivity index (χ2v) is 5.48. The lowest BCUT2D eigenvalue weighted by atomic mass is 10.2. The van der Waals surface area contributed by atoms with Crippen LogP contribution in [0.4, 0.5) is 4.39 Å². The minimum Gasteiger partial charge on any atom is -0.218 e. The predicted octanol–water partition coefficient (Wildman–Crippen LogP) is 1.64. The third kappa shape index (κ3) is 3.04. The fourth-order valence-electron chi connectivity index (χ4n) is 0.916. The van der Waals surface area contributed by atoms with Gasteiger partial charge in [0.15, 0.2) is 0 Å². The predicted molar refractivity (Wildman–Crippen MR) is 55.8 cm³/mol. The Hall–Kier alpha value is -0.460. The third-order valence-corrected chi connectivity index (χ3v) is 3.72. The first-order valence-electron chi connectivity index (χ1n) is 3.80. The zero-order valence-corrected chi connectivity index (χ0v) is 9.82. The van der Waals surface area contributed by atoms with Gasteiger partial charge in [-0.05, 0) is 24.7 Å². The third-order valence-electron chi connectivity index (χ3n) is 1.67. The number of benzene rings is 1. The molecule has 0 saturated heterocycles. The average Bonchev–Trinajstić information content (AvgIpc) is 2.10. The van der Waals surface area contributed by atoms with Crippen LogP contribution in [-0.4, -0.2) is 15.5 Å². The van der Waals surface area contributed by atoms with Crippen LogP contribution in [0.1, 0.15) is 5.56 Å². The smallest absolute Gasteiger partial charge is 0.215 e. The maximum atomic E-state index is 12.7. The van der Waals surface area contributed by atoms with Crippen molar-refractivity contribution < 1.29 is 12.8 Å². The van der Waals surface area contributed by atoms with Gasteiger partial charge in [-0.1, -0.05) is 22.0 Å². The molecule has 0 fully saturated rings. The summed E-state index contributed by atoms with van der Waals surface area (Å²) in [5, 5.41) is 0. The van der Waals surface area contributed by atoms with Crippen molar-refractivity contribution in [2.45, 2.75) is 5.75 Å². The van der Waals surface area contributed by atoms with E-state index < -0.39 is 15.8 Å². The summed E-state index contributed by atoms with van der Waals surface area (Å²) in [5.41, 5.74) is 0.528. The zero-order chi connectivity index (χ0) is 10.8. The fourth-order valence-corrected chi connectivity index (χ4v) is 2.40. The largest absolute Gasteiger partial charge is 0.218 e. The number of nitrogens with one attached hydrogen (secondary N) is 1. The van der Waals surface area contributed by atoms with E-state index in [1.807, 2.05) is 0 Å². The Morgan fingerprint density at radius 1 is 1.50 bits per heavy atom. The Kier molecular flexibility index (Phi) is 3.63. The fraction of sp³-hybridized carbons (Fsp3) is 0.250. The van der Waals surface area contributed by atoms with Crippen molar-refractivity contribution in [3.63, 3.8) is 0 Å². The van der Waals surface area contributed by atoms with Crippen molar-refractivity contribution >= 4 is 26.0 Å². The van der Waals surface area contributed by atoms with Crippen molar-refractivity contribution in [3.8, 4) is 0 Å². The molecule has 1 aromatic carbocycles. The highest BCUT2D eigenvalue weighted by Gasteiger charge is 2.11. The molecular formula is C8H9BrFNO2S. The summed E-state index contributed by atoms with van der Waals surface area (Å²) in [6.07, 6.45) is 0. The molecule has 1 N–H and O–H groups in total. The monoisotopic (exact) mass is 281 g/mol. The molecule has 0 aliphatic rings. The second-order valence-electron chi connectivity index (χ2n) is 2.70. The van der Waals surface area contributed by atoms with E-state index in [0.717, 1.165) is 0 Å². The molecule has 1 rings (SSSR count). The lowest BCUT2D eigenvalue weighted by Gasteiger charge is -2.04. The molecule has 1 aromatic rings. The molecule has 0 bridgehead atoms. The first-order valence-corrected chi connectivity index (χ1v) is 6.24. The van der Waals surface area contributed by atoms with E-state index in [1.54, 1.807) is 0 Å². The zero-order valence-electron chi connectivity index (χ0n) is 7.42. The highest BCUT2D eigenvalue weighted by molar-refractivity contribution is 9.10. The van der Waals surface area contributed by atoms with Gasteiger partial charge in [0.05, 0.1) is 5.75 Å². The molecule has 0 radical (unpaired) electrons. The van der Waals surface area contributed by atoms with E-state index >= 15 is 0 Å². The normalized spacial score (nSPS) is 11.6. The van der Waals surface area contributed by atoms with Gasteiger partial charge in [0.25, 0.3) is 0 Å². The minimum atomic E-state index is -3.31. The molecule has 6 heteroatoms. The molecule has 0 amide bonds. The van der Waals surface area contributed by atoms with Gasteiger partial charge in [0.1, 0.15) is 5.82 Å². The van der Waals surface area contributed by atoms with Crippen molar-refractivity contribution in [1.82, 2.24) is 4.72 Å². The maximum absolute atomic E-state index is 12.7. The lowest BCUT2D eigenvalue weighted by molar-refractivity contribution is 0.587. The van der Waals surface area contributed by atoms with Gasteiger partial charge in [-0.15, -0.1) is 0 Å². The standard InChI is InChI=1S/C8H9BrFNO2S/c1-11-14(12,13)5-6-2-3-7(10)4-8(6)9/h2-4,11H,5H2,1H3. The van der Waals surface area contributed by atoms with E-state index in [0.29, 0.717) is 10.0 Å². The molecule has 0 saturated carbocycles. The second kappa shape index (κ2) is 4.37. The molecule has 3 nitrogen and oxygen atoms in total. The van der Waals surface area contributed by atoms with Crippen LogP contribution in [0.3, 0.4) is 0 Å². The number of hydrogen-bond donors (Lipinski definition) is 1. The number of sulfonamides is 1. The number of halogens is 2. The van der Waals surface area contributed by atoms with Gasteiger partial charge < -0.3 is 0 Å². The minimum absolute atomic E-state index is 0.162. The molecule has 0 spiro atoms. The Labute approximate surface area is 90.5 Å². The summed E-state index contributed by atoms with van der Waals surface area (Å²) in [6, 6.07) is 3.90. The summed E-state index contributed by atoms with van der Waals surface area (Å²) in [6.45, 7) is 0. The molecule has 14 heavy (non-hydrogen) atoms. The van der Waals surface area contributed by atoms with Crippen molar-refractivity contribution in [2.24, 2.45) is 0 Å². The first-order chi connectivity index (χ1) is 6.44. The van der Waals surface area contributed by atoms with Crippen LogP contribution in [0.2, 0.25) is 0 Å². The van der Waals surface area contributed by atoms with Gasteiger partial charge in [0.2, 0.25) is 10.0 Å². The molecule has 0 aliphatic carbocycles. The van der Waals surface area contributed by atoms with Crippen LogP contribution >= 0.6 is 15.9 Å². The van der Waals surface area contributed by atoms with Crippen molar-refractivity contribution in [2.75, 3.05) is 7.05 Å². The van der Waals surface area contributed by atoms with Gasteiger partial charge in [0, 0.05) is 4.47 Å². The molecular weight excluding hydrogens is 273 g/mol. The van der Waals surface area contributed by atoms with E-state index in [-0.39, 0.29) is 5.75 Å². The maximum Gasteiger partial charge on any atom is 0.215 e. The van der Waals surface area contributed by atoms with Crippen LogP contribution < -0.4 is 4.72 Å². The Balaban J connectivity index is 2.99. The van der Waals surface area contributed by atoms with E-state index in [2.05, 4.69) is 20.7 Å². The Morgan fingerprint density at radius 3 is 2.64 bits per heavy atom. The van der Waals surface area contributed by atoms with Crippen LogP contribution in [0.5, 0.6) is 0 Å². The summed E-state index contributed by atoms with van der Waals surface area (Å²) < 4.78 is 37.7. The van der Waals surface area contributed by atoms with Crippen LogP contribution in [0.25, 0.3) is 0 Å². The molecule has 78 valence electrons. The van der Waals surface area contributed by atoms with Crippen molar-refractivity contribution in [1.29, 1.82) is 0 Å². The molecule has 0 atom stereocenters. The van der Waals surface area contributed by atoms with E-state index in [1.165, 1.54) is 25.2 Å². The topological polar surface area (TPSA) is 46.2 Å². The quantitative estimate of drug-likeness (QED) is 0.916. The van der Waals surface area contributed by atoms with Gasteiger partial charge in [-0.2, -0.15) is 0 Å². The molecule has 0 aromatic heterocycles. The summed E-state index contributed by atoms with van der Waals surface area (Å²) in [5.74, 6) is -0.563. The van der Waals surface area contributed by atoms with E-state index in [9.17, 15) is 12.8 Å². The summed E-state index contributed by atoms with van der Waals surface area (Å²) >= 11 is 3.10.